The number of carboxylic acids is 1. The Bertz CT molecular complexity index is 1050. The van der Waals surface area contributed by atoms with Crippen LogP contribution in [0.2, 0.25) is 0 Å². The molecule has 1 aliphatic rings. The maximum absolute atomic E-state index is 13.2. The normalized spacial score (nSPS) is 15.3. The van der Waals surface area contributed by atoms with Crippen LogP contribution in [0.1, 0.15) is 48.0 Å². The fourth-order valence-electron chi connectivity index (χ4n) is 3.66. The Balaban J connectivity index is 1.75. The van der Waals surface area contributed by atoms with E-state index >= 15 is 0 Å². The molecule has 1 fully saturated rings. The lowest BCUT2D eigenvalue weighted by molar-refractivity contribution is -0.121. The summed E-state index contributed by atoms with van der Waals surface area (Å²) in [5.74, 6) is -1.69. The van der Waals surface area contributed by atoms with Gasteiger partial charge >= 0.3 is 5.97 Å². The van der Waals surface area contributed by atoms with Crippen LogP contribution < -0.4 is 5.43 Å². The number of sulfonamides is 1. The van der Waals surface area contributed by atoms with Gasteiger partial charge in [0.25, 0.3) is 5.91 Å². The lowest BCUT2D eigenvalue weighted by Gasteiger charge is -2.32. The molecule has 0 spiro atoms. The highest BCUT2D eigenvalue weighted by molar-refractivity contribution is 7.89. The van der Waals surface area contributed by atoms with Crippen LogP contribution in [0.4, 0.5) is 0 Å². The van der Waals surface area contributed by atoms with Gasteiger partial charge in [0.15, 0.2) is 0 Å². The molecule has 0 aliphatic heterocycles. The Morgan fingerprint density at radius 1 is 1.03 bits per heavy atom. The van der Waals surface area contributed by atoms with Gasteiger partial charge < -0.3 is 5.11 Å². The highest BCUT2D eigenvalue weighted by Crippen LogP contribution is 2.27. The van der Waals surface area contributed by atoms with Crippen molar-refractivity contribution in [1.29, 1.82) is 0 Å². The first-order valence-corrected chi connectivity index (χ1v) is 11.5. The summed E-state index contributed by atoms with van der Waals surface area (Å²) in [6.07, 6.45) is 5.52. The number of aromatic carboxylic acids is 1. The van der Waals surface area contributed by atoms with Crippen LogP contribution in [0.3, 0.4) is 0 Å². The first-order chi connectivity index (χ1) is 14.9. The number of hydrogen-bond donors (Lipinski definition) is 2. The number of rotatable bonds is 8. The molecule has 1 saturated carbocycles. The maximum Gasteiger partial charge on any atom is 0.336 e. The van der Waals surface area contributed by atoms with Gasteiger partial charge in [-0.15, -0.1) is 0 Å². The van der Waals surface area contributed by atoms with Crippen molar-refractivity contribution in [1.82, 2.24) is 9.73 Å². The number of amides is 1. The molecule has 0 unspecified atom stereocenters. The van der Waals surface area contributed by atoms with E-state index in [0.29, 0.717) is 18.4 Å². The Morgan fingerprint density at radius 2 is 1.68 bits per heavy atom. The van der Waals surface area contributed by atoms with E-state index in [1.807, 2.05) is 0 Å². The van der Waals surface area contributed by atoms with E-state index in [4.69, 9.17) is 0 Å². The van der Waals surface area contributed by atoms with E-state index in [1.54, 1.807) is 36.4 Å². The topological polar surface area (TPSA) is 116 Å². The molecule has 164 valence electrons. The minimum absolute atomic E-state index is 0.0518. The Kier molecular flexibility index (Phi) is 7.54. The van der Waals surface area contributed by atoms with E-state index in [-0.39, 0.29) is 23.0 Å². The van der Waals surface area contributed by atoms with Crippen molar-refractivity contribution in [3.63, 3.8) is 0 Å². The second-order valence-corrected chi connectivity index (χ2v) is 9.23. The monoisotopic (exact) mass is 443 g/mol. The number of carbonyl (C=O) groups is 2. The molecule has 2 N–H and O–H groups in total. The minimum Gasteiger partial charge on any atom is -0.478 e. The van der Waals surface area contributed by atoms with Crippen LogP contribution in [-0.2, 0) is 14.8 Å². The zero-order valence-electron chi connectivity index (χ0n) is 17.0. The molecule has 0 aromatic heterocycles. The molecule has 0 bridgehead atoms. The standard InChI is InChI=1S/C22H25N3O5S/c26-21(24-23-15-17-9-7-8-14-20(17)22(27)28)16-25(18-10-3-1-4-11-18)31(29,30)19-12-5-2-6-13-19/h2,5-9,12-15,18H,1,3-4,10-11,16H2,(H,24,26)(H,27,28)/b23-15+. The van der Waals surface area contributed by atoms with Gasteiger partial charge in [-0.25, -0.2) is 18.6 Å². The Labute approximate surface area is 181 Å². The number of nitrogens with zero attached hydrogens (tertiary/aromatic N) is 2. The van der Waals surface area contributed by atoms with E-state index in [0.717, 1.165) is 19.3 Å². The average Bonchev–Trinajstić information content (AvgIpc) is 2.79. The van der Waals surface area contributed by atoms with Gasteiger partial charge in [0.1, 0.15) is 0 Å². The van der Waals surface area contributed by atoms with Gasteiger partial charge in [0.05, 0.1) is 23.2 Å². The lowest BCUT2D eigenvalue weighted by Crippen LogP contribution is -2.46. The molecule has 1 amide bonds. The molecule has 0 heterocycles. The Morgan fingerprint density at radius 3 is 2.35 bits per heavy atom. The molecule has 31 heavy (non-hydrogen) atoms. The number of hydrazone groups is 1. The number of benzene rings is 2. The molecular formula is C22H25N3O5S. The van der Waals surface area contributed by atoms with Gasteiger partial charge in [0, 0.05) is 11.6 Å². The first kappa shape index (κ1) is 22.6. The summed E-state index contributed by atoms with van der Waals surface area (Å²) in [4.78, 5) is 23.9. The highest BCUT2D eigenvalue weighted by atomic mass is 32.2. The van der Waals surface area contributed by atoms with Crippen LogP contribution in [0.15, 0.2) is 64.6 Å². The van der Waals surface area contributed by atoms with E-state index in [1.165, 1.54) is 28.7 Å². The van der Waals surface area contributed by atoms with Crippen molar-refractivity contribution in [3.8, 4) is 0 Å². The summed E-state index contributed by atoms with van der Waals surface area (Å²) >= 11 is 0. The van der Waals surface area contributed by atoms with Gasteiger partial charge in [-0.05, 0) is 31.0 Å². The molecule has 0 atom stereocenters. The van der Waals surface area contributed by atoms with Crippen molar-refractivity contribution in [2.45, 2.75) is 43.0 Å². The summed E-state index contributed by atoms with van der Waals surface area (Å²) in [6, 6.07) is 14.1. The third kappa shape index (κ3) is 5.77. The summed E-state index contributed by atoms with van der Waals surface area (Å²) in [5, 5.41) is 13.0. The lowest BCUT2D eigenvalue weighted by atomic mass is 9.95. The van der Waals surface area contributed by atoms with E-state index in [2.05, 4.69) is 10.5 Å². The zero-order chi connectivity index (χ0) is 22.3. The highest BCUT2D eigenvalue weighted by Gasteiger charge is 2.33. The quantitative estimate of drug-likeness (QED) is 0.481. The van der Waals surface area contributed by atoms with Crippen LogP contribution in [0.5, 0.6) is 0 Å². The number of carbonyl (C=O) groups excluding carboxylic acids is 1. The molecule has 9 heteroatoms. The molecule has 1 aliphatic carbocycles. The minimum atomic E-state index is -3.85. The second kappa shape index (κ2) is 10.3. The smallest absolute Gasteiger partial charge is 0.336 e. The number of hydrogen-bond acceptors (Lipinski definition) is 5. The molecule has 2 aromatic carbocycles. The zero-order valence-corrected chi connectivity index (χ0v) is 17.8. The van der Waals surface area contributed by atoms with E-state index in [9.17, 15) is 23.1 Å². The molecular weight excluding hydrogens is 418 g/mol. The van der Waals surface area contributed by atoms with Gasteiger partial charge in [-0.1, -0.05) is 55.7 Å². The van der Waals surface area contributed by atoms with E-state index < -0.39 is 21.9 Å². The largest absolute Gasteiger partial charge is 0.478 e. The van der Waals surface area contributed by atoms with Crippen LogP contribution in [0, 0.1) is 0 Å². The number of nitrogens with one attached hydrogen (secondary N) is 1. The van der Waals surface area contributed by atoms with Crippen LogP contribution >= 0.6 is 0 Å². The summed E-state index contributed by atoms with van der Waals surface area (Å²) in [6.45, 7) is -0.361. The molecule has 0 saturated heterocycles. The van der Waals surface area contributed by atoms with Crippen molar-refractivity contribution in [3.05, 3.63) is 65.7 Å². The fourth-order valence-corrected chi connectivity index (χ4v) is 5.32. The van der Waals surface area contributed by atoms with Crippen molar-refractivity contribution < 1.29 is 23.1 Å². The predicted octanol–water partition coefficient (Wildman–Crippen LogP) is 2.86. The molecule has 0 radical (unpaired) electrons. The molecule has 8 nitrogen and oxygen atoms in total. The first-order valence-electron chi connectivity index (χ1n) is 10.1. The average molecular weight is 444 g/mol. The van der Waals surface area contributed by atoms with Gasteiger partial charge in [-0.3, -0.25) is 4.79 Å². The maximum atomic E-state index is 13.2. The summed E-state index contributed by atoms with van der Waals surface area (Å²) < 4.78 is 27.7. The van der Waals surface area contributed by atoms with Crippen molar-refractivity contribution in [2.75, 3.05) is 6.54 Å². The number of carboxylic acid groups (broad SMARTS) is 1. The Hall–Kier alpha value is -3.04. The van der Waals surface area contributed by atoms with Crippen molar-refractivity contribution >= 4 is 28.1 Å². The van der Waals surface area contributed by atoms with Gasteiger partial charge in [0.2, 0.25) is 10.0 Å². The van der Waals surface area contributed by atoms with Crippen molar-refractivity contribution in [2.24, 2.45) is 5.10 Å². The SMILES string of the molecule is O=C(CN(C1CCCCC1)S(=O)(=O)c1ccccc1)N/N=C/c1ccccc1C(=O)O. The van der Waals surface area contributed by atoms with Crippen LogP contribution in [-0.4, -0.2) is 48.5 Å². The van der Waals surface area contributed by atoms with Gasteiger partial charge in [-0.2, -0.15) is 9.41 Å². The predicted molar refractivity (Wildman–Crippen MR) is 116 cm³/mol. The third-order valence-corrected chi connectivity index (χ3v) is 7.13. The third-order valence-electron chi connectivity index (χ3n) is 5.22. The fraction of sp³-hybridized carbons (Fsp3) is 0.318. The molecule has 2 aromatic rings. The second-order valence-electron chi connectivity index (χ2n) is 7.34. The summed E-state index contributed by atoms with van der Waals surface area (Å²) in [5.41, 5.74) is 2.70. The van der Waals surface area contributed by atoms with Crippen LogP contribution in [0.25, 0.3) is 0 Å². The molecule has 3 rings (SSSR count). The summed E-state index contributed by atoms with van der Waals surface area (Å²) in [7, 11) is -3.85.